The van der Waals surface area contributed by atoms with Crippen molar-refractivity contribution in [2.75, 3.05) is 26.4 Å². The number of carbonyl (C=O) groups is 3. The molecule has 0 spiro atoms. The average molecular weight is 1150 g/mol. The lowest BCUT2D eigenvalue weighted by Crippen LogP contribution is -2.30. The highest BCUT2D eigenvalue weighted by Gasteiger charge is 2.28. The smallest absolute Gasteiger partial charge is 0.462 e. The van der Waals surface area contributed by atoms with E-state index in [9.17, 15) is 28.9 Å². The van der Waals surface area contributed by atoms with Gasteiger partial charge in [-0.1, -0.05) is 255 Å². The van der Waals surface area contributed by atoms with Gasteiger partial charge in [0.2, 0.25) is 0 Å². The Bertz CT molecular complexity index is 1570. The Morgan fingerprint density at radius 1 is 0.362 bits per heavy atom. The fourth-order valence-electron chi connectivity index (χ4n) is 9.36. The number of rotatable bonds is 62. The predicted molar refractivity (Wildman–Crippen MR) is 335 cm³/mol. The van der Waals surface area contributed by atoms with Gasteiger partial charge in [0.15, 0.2) is 6.10 Å². The van der Waals surface area contributed by atoms with Crippen LogP contribution in [-0.2, 0) is 42.2 Å². The maximum absolute atomic E-state index is 13.0. The molecule has 3 atom stereocenters. The fourth-order valence-corrected chi connectivity index (χ4v) is 10.1. The SMILES string of the molecule is CC/C=C\C/C=C\C/C=C\CCCCCCCCCC(=O)OCC(COP(=O)(O)OCC(CO)OC(=O)CCCCCCCCC/C=C\CCCCCCCC)OC(=O)CCCCCCCCCCC/C=C\CCCCCCCC. The van der Waals surface area contributed by atoms with E-state index >= 15 is 0 Å². The standard InChI is InChI=1S/C68H123O11P/c1-4-7-10-13-16-19-22-25-28-31-32-35-38-41-44-47-50-53-56-59-68(72)79-65(61-75-66(70)57-54-51-48-45-42-39-36-33-29-26-23-20-17-14-11-8-5-2)63-77-80(73,74)76-62-64(60-69)78-67(71)58-55-52-49-46-43-40-37-34-30-27-24-21-18-15-12-9-6-3/h8,11,17,20,25-30,64-65,69H,4-7,9-10,12-16,18-19,21-24,31-63H2,1-3H3,(H,73,74)/b11-8-,20-17-,28-25-,29-26-,30-27-. The zero-order chi connectivity index (χ0) is 58.3. The minimum absolute atomic E-state index is 0.164. The summed E-state index contributed by atoms with van der Waals surface area (Å²) in [5, 5.41) is 9.86. The molecule has 0 bridgehead atoms. The van der Waals surface area contributed by atoms with Crippen LogP contribution in [0.2, 0.25) is 0 Å². The number of phosphoric acid groups is 1. The number of hydrogen-bond donors (Lipinski definition) is 2. The molecule has 0 rings (SSSR count). The Morgan fingerprint density at radius 2 is 0.650 bits per heavy atom. The summed E-state index contributed by atoms with van der Waals surface area (Å²) in [5.41, 5.74) is 0. The first kappa shape index (κ1) is 77.2. The quantitative estimate of drug-likeness (QED) is 0.0197. The molecule has 0 aromatic carbocycles. The van der Waals surface area contributed by atoms with Gasteiger partial charge in [-0.05, 0) is 103 Å². The molecular weight excluding hydrogens is 1020 g/mol. The van der Waals surface area contributed by atoms with Crippen LogP contribution >= 0.6 is 7.82 Å². The van der Waals surface area contributed by atoms with Crippen molar-refractivity contribution in [3.63, 3.8) is 0 Å². The van der Waals surface area contributed by atoms with Crippen LogP contribution in [0, 0.1) is 0 Å². The van der Waals surface area contributed by atoms with E-state index in [0.29, 0.717) is 19.3 Å². The van der Waals surface area contributed by atoms with Crippen LogP contribution in [0.3, 0.4) is 0 Å². The third-order valence-electron chi connectivity index (χ3n) is 14.4. The van der Waals surface area contributed by atoms with E-state index in [2.05, 4.69) is 81.5 Å². The number of unbranched alkanes of at least 4 members (excludes halogenated alkanes) is 35. The molecule has 0 aliphatic carbocycles. The topological polar surface area (TPSA) is 155 Å². The van der Waals surface area contributed by atoms with Crippen molar-refractivity contribution in [2.24, 2.45) is 0 Å². The Balaban J connectivity index is 4.69. The Kier molecular flexibility index (Phi) is 60.0. The van der Waals surface area contributed by atoms with Crippen LogP contribution in [0.25, 0.3) is 0 Å². The summed E-state index contributed by atoms with van der Waals surface area (Å²) >= 11 is 0. The van der Waals surface area contributed by atoms with Gasteiger partial charge in [-0.3, -0.25) is 23.4 Å². The summed E-state index contributed by atoms with van der Waals surface area (Å²) in [6.45, 7) is 4.57. The molecule has 0 radical (unpaired) electrons. The zero-order valence-corrected chi connectivity index (χ0v) is 52.7. The molecule has 0 aromatic rings. The molecule has 0 amide bonds. The second kappa shape index (κ2) is 62.2. The molecule has 12 heteroatoms. The number of aliphatic hydroxyl groups is 1. The lowest BCUT2D eigenvalue weighted by atomic mass is 10.1. The van der Waals surface area contributed by atoms with Gasteiger partial charge in [-0.25, -0.2) is 4.57 Å². The number of phosphoric ester groups is 1. The van der Waals surface area contributed by atoms with Crippen molar-refractivity contribution in [3.05, 3.63) is 60.8 Å². The number of aliphatic hydroxyl groups excluding tert-OH is 1. The first-order chi connectivity index (χ1) is 39.2. The fraction of sp³-hybridized carbons (Fsp3) is 0.809. The third kappa shape index (κ3) is 59.8. The van der Waals surface area contributed by atoms with Gasteiger partial charge in [0.1, 0.15) is 12.7 Å². The predicted octanol–water partition coefficient (Wildman–Crippen LogP) is 20.3. The van der Waals surface area contributed by atoms with E-state index in [1.54, 1.807) is 0 Å². The summed E-state index contributed by atoms with van der Waals surface area (Å²) < 4.78 is 39.7. The minimum atomic E-state index is -4.76. The van der Waals surface area contributed by atoms with Crippen molar-refractivity contribution >= 4 is 25.7 Å². The molecule has 0 aliphatic heterocycles. The maximum Gasteiger partial charge on any atom is 0.472 e. The summed E-state index contributed by atoms with van der Waals surface area (Å²) in [5.74, 6) is -1.46. The monoisotopic (exact) mass is 1150 g/mol. The molecular formula is C68H123O11P. The van der Waals surface area contributed by atoms with Crippen molar-refractivity contribution in [1.82, 2.24) is 0 Å². The van der Waals surface area contributed by atoms with Gasteiger partial charge in [0, 0.05) is 19.3 Å². The molecule has 0 saturated heterocycles. The van der Waals surface area contributed by atoms with Gasteiger partial charge in [0.05, 0.1) is 19.8 Å². The second-order valence-corrected chi connectivity index (χ2v) is 23.7. The van der Waals surface area contributed by atoms with Gasteiger partial charge in [-0.15, -0.1) is 0 Å². The molecule has 466 valence electrons. The average Bonchev–Trinajstić information content (AvgIpc) is 3.45. The van der Waals surface area contributed by atoms with Crippen molar-refractivity contribution in [3.8, 4) is 0 Å². The van der Waals surface area contributed by atoms with Crippen LogP contribution < -0.4 is 0 Å². The maximum atomic E-state index is 13.0. The lowest BCUT2D eigenvalue weighted by Gasteiger charge is -2.21. The van der Waals surface area contributed by atoms with Crippen molar-refractivity contribution < 1.29 is 52.2 Å². The first-order valence-electron chi connectivity index (χ1n) is 33.2. The normalized spacial score (nSPS) is 13.6. The molecule has 0 aromatic heterocycles. The van der Waals surface area contributed by atoms with Gasteiger partial charge in [-0.2, -0.15) is 0 Å². The number of allylic oxidation sites excluding steroid dienone is 10. The summed E-state index contributed by atoms with van der Waals surface area (Å²) in [4.78, 5) is 48.8. The van der Waals surface area contributed by atoms with E-state index in [1.165, 1.54) is 161 Å². The van der Waals surface area contributed by atoms with Crippen LogP contribution in [0.5, 0.6) is 0 Å². The van der Waals surface area contributed by atoms with E-state index in [1.807, 2.05) is 0 Å². The Labute approximate surface area is 491 Å². The van der Waals surface area contributed by atoms with Crippen LogP contribution in [0.1, 0.15) is 316 Å². The highest BCUT2D eigenvalue weighted by atomic mass is 31.2. The van der Waals surface area contributed by atoms with Gasteiger partial charge in [0.25, 0.3) is 0 Å². The van der Waals surface area contributed by atoms with Crippen LogP contribution in [-0.4, -0.2) is 66.5 Å². The number of carbonyl (C=O) groups excluding carboxylic acids is 3. The zero-order valence-electron chi connectivity index (χ0n) is 51.8. The number of hydrogen-bond acceptors (Lipinski definition) is 10. The molecule has 3 unspecified atom stereocenters. The van der Waals surface area contributed by atoms with Gasteiger partial charge < -0.3 is 24.2 Å². The van der Waals surface area contributed by atoms with E-state index < -0.39 is 57.8 Å². The highest BCUT2D eigenvalue weighted by Crippen LogP contribution is 2.43. The van der Waals surface area contributed by atoms with Gasteiger partial charge >= 0.3 is 25.7 Å². The number of esters is 3. The summed E-state index contributed by atoms with van der Waals surface area (Å²) in [6.07, 6.45) is 70.2. The van der Waals surface area contributed by atoms with Crippen LogP contribution in [0.15, 0.2) is 60.8 Å². The summed E-state index contributed by atoms with van der Waals surface area (Å²) in [6, 6.07) is 0. The van der Waals surface area contributed by atoms with Crippen molar-refractivity contribution in [1.29, 1.82) is 0 Å². The minimum Gasteiger partial charge on any atom is -0.462 e. The Hall–Kier alpha value is -2.82. The molecule has 0 aliphatic rings. The van der Waals surface area contributed by atoms with Crippen LogP contribution in [0.4, 0.5) is 0 Å². The van der Waals surface area contributed by atoms with E-state index in [0.717, 1.165) is 96.3 Å². The third-order valence-corrected chi connectivity index (χ3v) is 15.3. The lowest BCUT2D eigenvalue weighted by molar-refractivity contribution is -0.161. The van der Waals surface area contributed by atoms with E-state index in [-0.39, 0.29) is 25.9 Å². The largest absolute Gasteiger partial charge is 0.472 e. The molecule has 2 N–H and O–H groups in total. The number of ether oxygens (including phenoxy) is 3. The molecule has 11 nitrogen and oxygen atoms in total. The highest BCUT2D eigenvalue weighted by molar-refractivity contribution is 7.47. The first-order valence-corrected chi connectivity index (χ1v) is 34.7. The van der Waals surface area contributed by atoms with E-state index in [4.69, 9.17) is 23.3 Å². The summed E-state index contributed by atoms with van der Waals surface area (Å²) in [7, 11) is -4.76. The molecule has 0 heterocycles. The molecule has 80 heavy (non-hydrogen) atoms. The molecule has 0 fully saturated rings. The second-order valence-electron chi connectivity index (χ2n) is 22.2. The van der Waals surface area contributed by atoms with Crippen molar-refractivity contribution in [2.45, 2.75) is 328 Å². The molecule has 0 saturated carbocycles. The Morgan fingerprint density at radius 3 is 1.01 bits per heavy atom.